The molecule has 1 aromatic heterocycles. The third-order valence-corrected chi connectivity index (χ3v) is 4.13. The molecule has 1 aliphatic heterocycles. The molecule has 3 N–H and O–H groups in total. The van der Waals surface area contributed by atoms with Gasteiger partial charge in [0.2, 0.25) is 5.95 Å². The summed E-state index contributed by atoms with van der Waals surface area (Å²) in [6.07, 6.45) is 2.21. The molecule has 5 nitrogen and oxygen atoms in total. The van der Waals surface area contributed by atoms with Crippen LogP contribution in [0.15, 0.2) is 24.3 Å². The molecule has 1 atom stereocenters. The SMILES string of the molecule is CC1(CN)CCCN(c2n[nH]c(-c3cccc(F)c3)n2)C1. The lowest BCUT2D eigenvalue weighted by atomic mass is 9.82. The maximum absolute atomic E-state index is 13.3. The van der Waals surface area contributed by atoms with Crippen molar-refractivity contribution in [3.8, 4) is 11.4 Å². The summed E-state index contributed by atoms with van der Waals surface area (Å²) in [6.45, 7) is 4.63. The van der Waals surface area contributed by atoms with E-state index in [-0.39, 0.29) is 11.2 Å². The average Bonchev–Trinajstić information content (AvgIpc) is 2.97. The minimum atomic E-state index is -0.279. The number of rotatable bonds is 3. The quantitative estimate of drug-likeness (QED) is 0.908. The molecular formula is C15H20FN5. The van der Waals surface area contributed by atoms with Crippen molar-refractivity contribution in [2.45, 2.75) is 19.8 Å². The van der Waals surface area contributed by atoms with Crippen molar-refractivity contribution < 1.29 is 4.39 Å². The van der Waals surface area contributed by atoms with E-state index in [1.54, 1.807) is 6.07 Å². The normalized spacial score (nSPS) is 22.5. The summed E-state index contributed by atoms with van der Waals surface area (Å²) in [5.74, 6) is 0.970. The molecule has 2 heterocycles. The van der Waals surface area contributed by atoms with Gasteiger partial charge in [0.1, 0.15) is 5.82 Å². The second-order valence-electron chi connectivity index (χ2n) is 6.03. The number of nitrogens with two attached hydrogens (primary N) is 1. The van der Waals surface area contributed by atoms with E-state index in [0.29, 0.717) is 23.9 Å². The molecule has 2 aromatic rings. The number of hydrogen-bond acceptors (Lipinski definition) is 4. The first kappa shape index (κ1) is 14.0. The number of H-pyrrole nitrogens is 1. The largest absolute Gasteiger partial charge is 0.339 e. The van der Waals surface area contributed by atoms with Crippen molar-refractivity contribution >= 4 is 5.95 Å². The zero-order valence-corrected chi connectivity index (χ0v) is 12.1. The number of halogens is 1. The molecule has 6 heteroatoms. The third-order valence-electron chi connectivity index (χ3n) is 4.13. The van der Waals surface area contributed by atoms with Crippen molar-refractivity contribution in [3.05, 3.63) is 30.1 Å². The summed E-state index contributed by atoms with van der Waals surface area (Å²) >= 11 is 0. The van der Waals surface area contributed by atoms with Gasteiger partial charge in [0.05, 0.1) is 0 Å². The smallest absolute Gasteiger partial charge is 0.245 e. The van der Waals surface area contributed by atoms with Crippen LogP contribution in [0.2, 0.25) is 0 Å². The van der Waals surface area contributed by atoms with Crippen LogP contribution in [0.1, 0.15) is 19.8 Å². The first-order valence-electron chi connectivity index (χ1n) is 7.23. The number of aromatic nitrogens is 3. The van der Waals surface area contributed by atoms with Crippen molar-refractivity contribution in [1.82, 2.24) is 15.2 Å². The van der Waals surface area contributed by atoms with Gasteiger partial charge in [-0.15, -0.1) is 5.10 Å². The summed E-state index contributed by atoms with van der Waals surface area (Å²) in [7, 11) is 0. The van der Waals surface area contributed by atoms with Crippen LogP contribution in [0.5, 0.6) is 0 Å². The van der Waals surface area contributed by atoms with Gasteiger partial charge in [-0.1, -0.05) is 19.1 Å². The Kier molecular flexibility index (Phi) is 3.63. The van der Waals surface area contributed by atoms with Gasteiger partial charge in [-0.25, -0.2) is 4.39 Å². The van der Waals surface area contributed by atoms with Crippen molar-refractivity contribution in [2.75, 3.05) is 24.5 Å². The Balaban J connectivity index is 1.82. The fraction of sp³-hybridized carbons (Fsp3) is 0.467. The van der Waals surface area contributed by atoms with Crippen molar-refractivity contribution in [3.63, 3.8) is 0 Å². The molecule has 0 amide bonds. The van der Waals surface area contributed by atoms with E-state index in [2.05, 4.69) is 27.0 Å². The van der Waals surface area contributed by atoms with Gasteiger partial charge in [-0.2, -0.15) is 4.98 Å². The van der Waals surface area contributed by atoms with E-state index in [1.165, 1.54) is 12.1 Å². The summed E-state index contributed by atoms with van der Waals surface area (Å²) < 4.78 is 13.3. The fourth-order valence-corrected chi connectivity index (χ4v) is 2.81. The Morgan fingerprint density at radius 1 is 1.48 bits per heavy atom. The lowest BCUT2D eigenvalue weighted by Crippen LogP contribution is -2.46. The van der Waals surface area contributed by atoms with Gasteiger partial charge in [-0.05, 0) is 36.9 Å². The van der Waals surface area contributed by atoms with Gasteiger partial charge >= 0.3 is 0 Å². The lowest BCUT2D eigenvalue weighted by Gasteiger charge is -2.39. The van der Waals surface area contributed by atoms with Crippen LogP contribution in [0, 0.1) is 11.2 Å². The molecule has 1 saturated heterocycles. The van der Waals surface area contributed by atoms with Crippen molar-refractivity contribution in [2.24, 2.45) is 11.1 Å². The number of nitrogens with zero attached hydrogens (tertiary/aromatic N) is 3. The fourth-order valence-electron chi connectivity index (χ4n) is 2.81. The van der Waals surface area contributed by atoms with E-state index in [1.807, 2.05) is 6.07 Å². The number of nitrogens with one attached hydrogen (secondary N) is 1. The molecule has 0 bridgehead atoms. The number of anilines is 1. The molecular weight excluding hydrogens is 269 g/mol. The third kappa shape index (κ3) is 2.90. The predicted molar refractivity (Wildman–Crippen MR) is 80.4 cm³/mol. The molecule has 0 spiro atoms. The molecule has 0 saturated carbocycles. The Labute approximate surface area is 123 Å². The van der Waals surface area contributed by atoms with E-state index in [0.717, 1.165) is 25.9 Å². The first-order valence-corrected chi connectivity index (χ1v) is 7.23. The summed E-state index contributed by atoms with van der Waals surface area (Å²) in [6, 6.07) is 6.34. The number of aromatic amines is 1. The van der Waals surface area contributed by atoms with Gasteiger partial charge in [-0.3, -0.25) is 5.10 Å². The molecule has 112 valence electrons. The molecule has 1 unspecified atom stereocenters. The van der Waals surface area contributed by atoms with Crippen LogP contribution < -0.4 is 10.6 Å². The number of piperidine rings is 1. The second kappa shape index (κ2) is 5.44. The highest BCUT2D eigenvalue weighted by atomic mass is 19.1. The highest BCUT2D eigenvalue weighted by molar-refractivity contribution is 5.56. The van der Waals surface area contributed by atoms with Gasteiger partial charge in [0.25, 0.3) is 0 Å². The summed E-state index contributed by atoms with van der Waals surface area (Å²) in [4.78, 5) is 6.65. The van der Waals surface area contributed by atoms with E-state index in [9.17, 15) is 4.39 Å². The van der Waals surface area contributed by atoms with E-state index >= 15 is 0 Å². The summed E-state index contributed by atoms with van der Waals surface area (Å²) in [5.41, 5.74) is 6.68. The molecule has 1 fully saturated rings. The standard InChI is InChI=1S/C15H20FN5/c1-15(9-17)6-3-7-21(10-15)14-18-13(19-20-14)11-4-2-5-12(16)8-11/h2,4-5,8H,3,6-7,9-10,17H2,1H3,(H,18,19,20). The zero-order chi connectivity index (χ0) is 14.9. The monoisotopic (exact) mass is 289 g/mol. The minimum Gasteiger partial charge on any atom is -0.339 e. The number of hydrogen-bond donors (Lipinski definition) is 2. The van der Waals surface area contributed by atoms with Crippen LogP contribution in [-0.4, -0.2) is 34.8 Å². The Hall–Kier alpha value is -1.95. The number of benzene rings is 1. The average molecular weight is 289 g/mol. The first-order chi connectivity index (χ1) is 10.1. The van der Waals surface area contributed by atoms with Crippen molar-refractivity contribution in [1.29, 1.82) is 0 Å². The van der Waals surface area contributed by atoms with Gasteiger partial charge < -0.3 is 10.6 Å². The second-order valence-corrected chi connectivity index (χ2v) is 6.03. The molecule has 3 rings (SSSR count). The van der Waals surface area contributed by atoms with Gasteiger partial charge in [0, 0.05) is 18.7 Å². The highest BCUT2D eigenvalue weighted by Gasteiger charge is 2.31. The zero-order valence-electron chi connectivity index (χ0n) is 12.1. The molecule has 0 aliphatic carbocycles. The maximum atomic E-state index is 13.3. The van der Waals surface area contributed by atoms with E-state index in [4.69, 9.17) is 5.73 Å². The molecule has 0 radical (unpaired) electrons. The van der Waals surface area contributed by atoms with Gasteiger partial charge in [0.15, 0.2) is 5.82 Å². The van der Waals surface area contributed by atoms with E-state index < -0.39 is 0 Å². The molecule has 1 aromatic carbocycles. The van der Waals surface area contributed by atoms with Crippen LogP contribution in [-0.2, 0) is 0 Å². The Bertz CT molecular complexity index is 626. The molecule has 21 heavy (non-hydrogen) atoms. The Morgan fingerprint density at radius 2 is 2.33 bits per heavy atom. The minimum absolute atomic E-state index is 0.109. The topological polar surface area (TPSA) is 70.8 Å². The van der Waals surface area contributed by atoms with Crippen LogP contribution in [0.4, 0.5) is 10.3 Å². The lowest BCUT2D eigenvalue weighted by molar-refractivity contribution is 0.270. The maximum Gasteiger partial charge on any atom is 0.245 e. The highest BCUT2D eigenvalue weighted by Crippen LogP contribution is 2.30. The van der Waals surface area contributed by atoms with Crippen LogP contribution in [0.25, 0.3) is 11.4 Å². The van der Waals surface area contributed by atoms with Crippen LogP contribution >= 0.6 is 0 Å². The predicted octanol–water partition coefficient (Wildman–Crippen LogP) is 2.18. The molecule has 1 aliphatic rings. The van der Waals surface area contributed by atoms with Crippen LogP contribution in [0.3, 0.4) is 0 Å². The Morgan fingerprint density at radius 3 is 3.10 bits per heavy atom. The summed E-state index contributed by atoms with van der Waals surface area (Å²) in [5, 5.41) is 7.16.